The van der Waals surface area contributed by atoms with Crippen molar-refractivity contribution in [3.8, 4) is 0 Å². The van der Waals surface area contributed by atoms with Crippen LogP contribution in [0.15, 0.2) is 6.07 Å². The van der Waals surface area contributed by atoms with Gasteiger partial charge in [0.05, 0.1) is 0 Å². The molecule has 1 aliphatic rings. The Hall–Kier alpha value is -1.56. The molecule has 1 aromatic heterocycles. The van der Waals surface area contributed by atoms with Crippen molar-refractivity contribution in [3.63, 3.8) is 0 Å². The lowest BCUT2D eigenvalue weighted by Gasteiger charge is -2.37. The Kier molecular flexibility index (Phi) is 2.82. The second-order valence-corrected chi connectivity index (χ2v) is 4.32. The lowest BCUT2D eigenvalue weighted by Crippen LogP contribution is -2.52. The Morgan fingerprint density at radius 2 is 2.38 bits per heavy atom. The van der Waals surface area contributed by atoms with Gasteiger partial charge in [-0.3, -0.25) is 9.89 Å². The van der Waals surface area contributed by atoms with Gasteiger partial charge in [0.2, 0.25) is 0 Å². The highest BCUT2D eigenvalue weighted by atomic mass is 16.2. The Bertz CT molecular complexity index is 388. The molecule has 1 atom stereocenters. The maximum Gasteiger partial charge on any atom is 0.272 e. The van der Waals surface area contributed by atoms with E-state index in [0.29, 0.717) is 11.5 Å². The van der Waals surface area contributed by atoms with Crippen molar-refractivity contribution in [2.75, 3.05) is 32.4 Å². The molecule has 0 spiro atoms. The van der Waals surface area contributed by atoms with E-state index in [1.165, 1.54) is 0 Å². The number of amides is 1. The summed E-state index contributed by atoms with van der Waals surface area (Å²) in [5.41, 5.74) is 5.95. The van der Waals surface area contributed by atoms with Crippen LogP contribution >= 0.6 is 0 Å². The Balaban J connectivity index is 2.10. The largest absolute Gasteiger partial charge is 0.382 e. The first kappa shape index (κ1) is 10.9. The summed E-state index contributed by atoms with van der Waals surface area (Å²) >= 11 is 0. The number of rotatable bonds is 1. The number of aromatic nitrogens is 2. The fraction of sp³-hybridized carbons (Fsp3) is 0.600. The summed E-state index contributed by atoms with van der Waals surface area (Å²) in [5, 5.41) is 6.42. The average Bonchev–Trinajstić information content (AvgIpc) is 2.64. The van der Waals surface area contributed by atoms with E-state index in [0.717, 1.165) is 19.6 Å². The van der Waals surface area contributed by atoms with Crippen LogP contribution in [0.3, 0.4) is 0 Å². The van der Waals surface area contributed by atoms with E-state index in [1.807, 2.05) is 11.8 Å². The quantitative estimate of drug-likeness (QED) is 0.689. The van der Waals surface area contributed by atoms with E-state index in [9.17, 15) is 4.79 Å². The molecule has 1 unspecified atom stereocenters. The van der Waals surface area contributed by atoms with Crippen LogP contribution in [0.4, 0.5) is 5.82 Å². The lowest BCUT2D eigenvalue weighted by molar-refractivity contribution is 0.0527. The highest BCUT2D eigenvalue weighted by Gasteiger charge is 2.27. The molecule has 1 fully saturated rings. The lowest BCUT2D eigenvalue weighted by atomic mass is 10.2. The number of hydrogen-bond donors (Lipinski definition) is 2. The van der Waals surface area contributed by atoms with Gasteiger partial charge in [0.1, 0.15) is 11.5 Å². The first-order valence-electron chi connectivity index (χ1n) is 5.38. The highest BCUT2D eigenvalue weighted by molar-refractivity contribution is 5.93. The van der Waals surface area contributed by atoms with E-state index in [1.54, 1.807) is 6.07 Å². The van der Waals surface area contributed by atoms with Crippen LogP contribution in [0.5, 0.6) is 0 Å². The van der Waals surface area contributed by atoms with E-state index < -0.39 is 0 Å². The number of likely N-dealkylation sites (N-methyl/N-ethyl adjacent to an activating group) is 1. The molecule has 0 bridgehead atoms. The molecule has 0 saturated carbocycles. The Labute approximate surface area is 94.4 Å². The van der Waals surface area contributed by atoms with Crippen molar-refractivity contribution in [1.82, 2.24) is 20.0 Å². The summed E-state index contributed by atoms with van der Waals surface area (Å²) < 4.78 is 0. The summed E-state index contributed by atoms with van der Waals surface area (Å²) in [6.07, 6.45) is 0. The number of aromatic amines is 1. The molecule has 1 saturated heterocycles. The second-order valence-electron chi connectivity index (χ2n) is 4.32. The molecule has 1 amide bonds. The molecule has 2 rings (SSSR count). The monoisotopic (exact) mass is 223 g/mol. The minimum Gasteiger partial charge on any atom is -0.382 e. The topological polar surface area (TPSA) is 78.2 Å². The van der Waals surface area contributed by atoms with Gasteiger partial charge in [-0.2, -0.15) is 5.10 Å². The fourth-order valence-electron chi connectivity index (χ4n) is 2.04. The van der Waals surface area contributed by atoms with Gasteiger partial charge in [-0.25, -0.2) is 0 Å². The van der Waals surface area contributed by atoms with Crippen LogP contribution in [0, 0.1) is 0 Å². The summed E-state index contributed by atoms with van der Waals surface area (Å²) in [4.78, 5) is 16.2. The average molecular weight is 223 g/mol. The molecule has 3 N–H and O–H groups in total. The second kappa shape index (κ2) is 4.13. The number of hydrogen-bond acceptors (Lipinski definition) is 4. The van der Waals surface area contributed by atoms with E-state index >= 15 is 0 Å². The van der Waals surface area contributed by atoms with E-state index in [-0.39, 0.29) is 11.9 Å². The van der Waals surface area contributed by atoms with Crippen LogP contribution in [-0.2, 0) is 0 Å². The number of nitrogen functional groups attached to an aromatic ring is 1. The maximum atomic E-state index is 12.1. The Morgan fingerprint density at radius 1 is 1.62 bits per heavy atom. The van der Waals surface area contributed by atoms with Gasteiger partial charge in [0.25, 0.3) is 5.91 Å². The van der Waals surface area contributed by atoms with Crippen molar-refractivity contribution >= 4 is 11.7 Å². The first-order chi connectivity index (χ1) is 7.58. The Morgan fingerprint density at radius 3 is 2.94 bits per heavy atom. The predicted molar refractivity (Wildman–Crippen MR) is 61.0 cm³/mol. The third-order valence-corrected chi connectivity index (χ3v) is 2.92. The normalized spacial score (nSPS) is 22.4. The molecule has 6 heteroatoms. The number of nitrogens with zero attached hydrogens (tertiary/aromatic N) is 3. The number of anilines is 1. The standard InChI is InChI=1S/C10H17N5O/c1-7-6-14(2)3-4-15(7)10(16)8-5-9(11)13-12-8/h5,7H,3-4,6H2,1-2H3,(H3,11,12,13). The molecule has 1 aromatic rings. The van der Waals surface area contributed by atoms with Gasteiger partial charge < -0.3 is 15.5 Å². The van der Waals surface area contributed by atoms with Crippen molar-refractivity contribution in [3.05, 3.63) is 11.8 Å². The summed E-state index contributed by atoms with van der Waals surface area (Å²) in [5.74, 6) is 0.329. The maximum absolute atomic E-state index is 12.1. The minimum absolute atomic E-state index is 0.0233. The zero-order chi connectivity index (χ0) is 11.7. The smallest absolute Gasteiger partial charge is 0.272 e. The summed E-state index contributed by atoms with van der Waals surface area (Å²) in [6, 6.07) is 1.80. The zero-order valence-electron chi connectivity index (χ0n) is 9.60. The molecule has 2 heterocycles. The molecule has 0 aromatic carbocycles. The molecule has 6 nitrogen and oxygen atoms in total. The van der Waals surface area contributed by atoms with Gasteiger partial charge in [-0.15, -0.1) is 0 Å². The first-order valence-corrected chi connectivity index (χ1v) is 5.38. The van der Waals surface area contributed by atoms with Gasteiger partial charge in [0, 0.05) is 31.7 Å². The number of carbonyl (C=O) groups is 1. The molecule has 0 radical (unpaired) electrons. The zero-order valence-corrected chi connectivity index (χ0v) is 9.60. The van der Waals surface area contributed by atoms with E-state index in [4.69, 9.17) is 5.73 Å². The summed E-state index contributed by atoms with van der Waals surface area (Å²) in [6.45, 7) is 4.60. The predicted octanol–water partition coefficient (Wildman–Crippen LogP) is -0.232. The molecule has 0 aliphatic carbocycles. The van der Waals surface area contributed by atoms with Crippen LogP contribution in [-0.4, -0.2) is 58.6 Å². The van der Waals surface area contributed by atoms with Gasteiger partial charge >= 0.3 is 0 Å². The third kappa shape index (κ3) is 2.01. The number of nitrogens with one attached hydrogen (secondary N) is 1. The van der Waals surface area contributed by atoms with Gasteiger partial charge in [0.15, 0.2) is 0 Å². The molecule has 1 aliphatic heterocycles. The van der Waals surface area contributed by atoms with Crippen molar-refractivity contribution in [1.29, 1.82) is 0 Å². The third-order valence-electron chi connectivity index (χ3n) is 2.92. The van der Waals surface area contributed by atoms with Gasteiger partial charge in [-0.1, -0.05) is 0 Å². The van der Waals surface area contributed by atoms with Crippen LogP contribution in [0.2, 0.25) is 0 Å². The number of H-pyrrole nitrogens is 1. The van der Waals surface area contributed by atoms with E-state index in [2.05, 4.69) is 22.1 Å². The fourth-order valence-corrected chi connectivity index (χ4v) is 2.04. The highest BCUT2D eigenvalue weighted by Crippen LogP contribution is 2.12. The van der Waals surface area contributed by atoms with Crippen LogP contribution in [0.25, 0.3) is 0 Å². The summed E-state index contributed by atoms with van der Waals surface area (Å²) in [7, 11) is 2.06. The van der Waals surface area contributed by atoms with Crippen LogP contribution < -0.4 is 5.73 Å². The SMILES string of the molecule is CC1CN(C)CCN1C(=O)c1cc(N)n[nH]1. The number of nitrogens with two attached hydrogens (primary N) is 1. The number of piperazine rings is 1. The molecule has 16 heavy (non-hydrogen) atoms. The van der Waals surface area contributed by atoms with Crippen LogP contribution in [0.1, 0.15) is 17.4 Å². The molecule has 88 valence electrons. The van der Waals surface area contributed by atoms with Crippen molar-refractivity contribution in [2.45, 2.75) is 13.0 Å². The van der Waals surface area contributed by atoms with Crippen molar-refractivity contribution < 1.29 is 4.79 Å². The molecular weight excluding hydrogens is 206 g/mol. The van der Waals surface area contributed by atoms with Gasteiger partial charge in [-0.05, 0) is 14.0 Å². The molecular formula is C10H17N5O. The number of carbonyl (C=O) groups excluding carboxylic acids is 1. The minimum atomic E-state index is -0.0233. The van der Waals surface area contributed by atoms with Crippen molar-refractivity contribution in [2.24, 2.45) is 0 Å².